The summed E-state index contributed by atoms with van der Waals surface area (Å²) in [6.45, 7) is 0.858. The molecule has 1 N–H and O–H groups in total. The Kier molecular flexibility index (Phi) is 5.99. The Labute approximate surface area is 147 Å². The van der Waals surface area contributed by atoms with Crippen molar-refractivity contribution in [1.82, 2.24) is 10.2 Å². The summed E-state index contributed by atoms with van der Waals surface area (Å²) in [7, 11) is 1.43. The van der Waals surface area contributed by atoms with Gasteiger partial charge in [0.15, 0.2) is 6.61 Å². The highest BCUT2D eigenvalue weighted by Gasteiger charge is 2.34. The zero-order chi connectivity index (χ0) is 18.6. The number of likely N-dealkylation sites (N-methyl/N-ethyl adjacent to an activating group) is 1. The first kappa shape index (κ1) is 19.2. The summed E-state index contributed by atoms with van der Waals surface area (Å²) in [5.41, 5.74) is -0.505. The van der Waals surface area contributed by atoms with Crippen LogP contribution in [0.1, 0.15) is 5.56 Å². The number of nitrogens with zero attached hydrogens (tertiary/aromatic N) is 2. The van der Waals surface area contributed by atoms with Crippen LogP contribution in [0.2, 0.25) is 5.02 Å². The fourth-order valence-electron chi connectivity index (χ4n) is 2.37. The van der Waals surface area contributed by atoms with Crippen LogP contribution in [-0.4, -0.2) is 56.7 Å². The van der Waals surface area contributed by atoms with Crippen LogP contribution in [0.15, 0.2) is 18.2 Å². The number of anilines is 1. The van der Waals surface area contributed by atoms with E-state index in [-0.39, 0.29) is 24.7 Å². The minimum absolute atomic E-state index is 0.274. The Bertz CT molecular complexity index is 647. The predicted octanol–water partition coefficient (Wildman–Crippen LogP) is 2.36. The van der Waals surface area contributed by atoms with E-state index in [1.807, 2.05) is 0 Å². The van der Waals surface area contributed by atoms with Crippen molar-refractivity contribution < 1.29 is 27.5 Å². The molecule has 1 aliphatic rings. The van der Waals surface area contributed by atoms with Crippen molar-refractivity contribution in [3.63, 3.8) is 0 Å². The van der Waals surface area contributed by atoms with Gasteiger partial charge in [0.25, 0.3) is 5.91 Å². The van der Waals surface area contributed by atoms with Crippen molar-refractivity contribution in [2.75, 3.05) is 44.7 Å². The van der Waals surface area contributed by atoms with Gasteiger partial charge in [-0.25, -0.2) is 4.79 Å². The smallest absolute Gasteiger partial charge is 0.417 e. The molecular weight excluding hydrogens is 363 g/mol. The van der Waals surface area contributed by atoms with E-state index in [0.717, 1.165) is 6.07 Å². The molecule has 1 saturated heterocycles. The number of ether oxygens (including phenoxy) is 1. The summed E-state index contributed by atoms with van der Waals surface area (Å²) in [5.74, 6) is -0.423. The normalized spacial score (nSPS) is 15.1. The molecule has 6 nitrogen and oxygen atoms in total. The third-order valence-electron chi connectivity index (χ3n) is 3.76. The lowest BCUT2D eigenvalue weighted by Crippen LogP contribution is -2.49. The third kappa shape index (κ3) is 4.91. The fraction of sp³-hybridized carbons (Fsp3) is 0.467. The van der Waals surface area contributed by atoms with Crippen molar-refractivity contribution in [2.24, 2.45) is 0 Å². The van der Waals surface area contributed by atoms with Crippen LogP contribution in [-0.2, 0) is 15.7 Å². The topological polar surface area (TPSA) is 61.9 Å². The van der Waals surface area contributed by atoms with Crippen molar-refractivity contribution in [3.8, 4) is 0 Å². The van der Waals surface area contributed by atoms with Gasteiger partial charge >= 0.3 is 12.3 Å². The number of carbonyl (C=O) groups is 2. The van der Waals surface area contributed by atoms with Crippen LogP contribution in [0.4, 0.5) is 23.7 Å². The molecule has 0 radical (unpaired) electrons. The fourth-order valence-corrected chi connectivity index (χ4v) is 2.59. The van der Waals surface area contributed by atoms with E-state index in [2.05, 4.69) is 5.32 Å². The van der Waals surface area contributed by atoms with E-state index in [4.69, 9.17) is 16.3 Å². The monoisotopic (exact) mass is 379 g/mol. The molecule has 1 fully saturated rings. The lowest BCUT2D eigenvalue weighted by atomic mass is 10.1. The van der Waals surface area contributed by atoms with Gasteiger partial charge in [0.05, 0.1) is 10.6 Å². The molecule has 1 aromatic rings. The lowest BCUT2D eigenvalue weighted by molar-refractivity contribution is -0.137. The van der Waals surface area contributed by atoms with E-state index in [9.17, 15) is 22.8 Å². The maximum absolute atomic E-state index is 12.9. The van der Waals surface area contributed by atoms with Gasteiger partial charge in [0, 0.05) is 38.9 Å². The van der Waals surface area contributed by atoms with E-state index >= 15 is 0 Å². The highest BCUT2D eigenvalue weighted by atomic mass is 35.5. The van der Waals surface area contributed by atoms with Gasteiger partial charge in [-0.2, -0.15) is 13.2 Å². The summed E-state index contributed by atoms with van der Waals surface area (Å²) in [4.78, 5) is 26.0. The van der Waals surface area contributed by atoms with Gasteiger partial charge in [0.1, 0.15) is 0 Å². The SMILES string of the molecule is CNC(=O)COC(=O)N1CCN(c2ccc(Cl)c(C(F)(F)F)c2)CC1. The van der Waals surface area contributed by atoms with Crippen molar-refractivity contribution in [2.45, 2.75) is 6.18 Å². The van der Waals surface area contributed by atoms with Crippen molar-refractivity contribution in [1.29, 1.82) is 0 Å². The average molecular weight is 380 g/mol. The number of piperazine rings is 1. The molecular formula is C15H17ClF3N3O3. The minimum atomic E-state index is -4.53. The number of alkyl halides is 3. The number of halogens is 4. The number of benzene rings is 1. The number of nitrogens with one attached hydrogen (secondary N) is 1. The Morgan fingerprint density at radius 3 is 2.44 bits per heavy atom. The quantitative estimate of drug-likeness (QED) is 0.876. The standard InChI is InChI=1S/C15H17ClF3N3O3/c1-20-13(23)9-25-14(24)22-6-4-21(5-7-22)10-2-3-12(16)11(8-10)15(17,18)19/h2-3,8H,4-7,9H2,1H3,(H,20,23). The summed E-state index contributed by atoms with van der Waals surface area (Å²) in [6.07, 6.45) is -5.16. The molecule has 1 heterocycles. The molecule has 138 valence electrons. The summed E-state index contributed by atoms with van der Waals surface area (Å²) >= 11 is 5.62. The molecule has 2 rings (SSSR count). The minimum Gasteiger partial charge on any atom is -0.439 e. The second-order valence-electron chi connectivity index (χ2n) is 5.36. The number of hydrogen-bond acceptors (Lipinski definition) is 4. The predicted molar refractivity (Wildman–Crippen MR) is 85.7 cm³/mol. The van der Waals surface area contributed by atoms with E-state index in [1.165, 1.54) is 24.1 Å². The van der Waals surface area contributed by atoms with Crippen LogP contribution in [0.25, 0.3) is 0 Å². The second kappa shape index (κ2) is 7.81. The summed E-state index contributed by atoms with van der Waals surface area (Å²) in [5, 5.41) is 1.97. The first-order chi connectivity index (χ1) is 11.7. The van der Waals surface area contributed by atoms with Crippen LogP contribution in [0.5, 0.6) is 0 Å². The molecule has 0 aromatic heterocycles. The molecule has 0 bridgehead atoms. The van der Waals surface area contributed by atoms with Gasteiger partial charge < -0.3 is 19.9 Å². The Morgan fingerprint density at radius 1 is 1.24 bits per heavy atom. The molecule has 0 unspecified atom stereocenters. The van der Waals surface area contributed by atoms with E-state index in [1.54, 1.807) is 4.90 Å². The third-order valence-corrected chi connectivity index (χ3v) is 4.09. The van der Waals surface area contributed by atoms with Crippen LogP contribution in [0, 0.1) is 0 Å². The van der Waals surface area contributed by atoms with Crippen LogP contribution < -0.4 is 10.2 Å². The largest absolute Gasteiger partial charge is 0.439 e. The number of hydrogen-bond donors (Lipinski definition) is 1. The Balaban J connectivity index is 1.96. The summed E-state index contributed by atoms with van der Waals surface area (Å²) < 4.78 is 43.7. The van der Waals surface area contributed by atoms with Gasteiger partial charge in [-0.3, -0.25) is 4.79 Å². The Morgan fingerprint density at radius 2 is 1.88 bits per heavy atom. The highest BCUT2D eigenvalue weighted by Crippen LogP contribution is 2.37. The van der Waals surface area contributed by atoms with Crippen molar-refractivity contribution >= 4 is 29.3 Å². The Hall–Kier alpha value is -2.16. The molecule has 1 aliphatic heterocycles. The highest BCUT2D eigenvalue weighted by molar-refractivity contribution is 6.31. The molecule has 1 aromatic carbocycles. The number of carbonyl (C=O) groups excluding carboxylic acids is 2. The molecule has 10 heteroatoms. The molecule has 0 atom stereocenters. The molecule has 0 aliphatic carbocycles. The second-order valence-corrected chi connectivity index (χ2v) is 5.77. The lowest BCUT2D eigenvalue weighted by Gasteiger charge is -2.35. The van der Waals surface area contributed by atoms with Gasteiger partial charge in [-0.1, -0.05) is 11.6 Å². The van der Waals surface area contributed by atoms with Gasteiger partial charge in [-0.05, 0) is 18.2 Å². The van der Waals surface area contributed by atoms with Crippen molar-refractivity contribution in [3.05, 3.63) is 28.8 Å². The number of rotatable bonds is 3. The first-order valence-electron chi connectivity index (χ1n) is 7.46. The molecule has 25 heavy (non-hydrogen) atoms. The number of amides is 2. The zero-order valence-corrected chi connectivity index (χ0v) is 14.2. The van der Waals surface area contributed by atoms with Crippen LogP contribution >= 0.6 is 11.6 Å². The maximum atomic E-state index is 12.9. The maximum Gasteiger partial charge on any atom is 0.417 e. The van der Waals surface area contributed by atoms with E-state index < -0.39 is 23.7 Å². The van der Waals surface area contributed by atoms with Gasteiger partial charge in [0.2, 0.25) is 0 Å². The van der Waals surface area contributed by atoms with Crippen LogP contribution in [0.3, 0.4) is 0 Å². The van der Waals surface area contributed by atoms with E-state index in [0.29, 0.717) is 18.8 Å². The first-order valence-corrected chi connectivity index (χ1v) is 7.84. The molecule has 2 amide bonds. The van der Waals surface area contributed by atoms with Gasteiger partial charge in [-0.15, -0.1) is 0 Å². The molecule has 0 spiro atoms. The summed E-state index contributed by atoms with van der Waals surface area (Å²) in [6, 6.07) is 3.72. The molecule has 0 saturated carbocycles. The average Bonchev–Trinajstić information content (AvgIpc) is 2.59. The zero-order valence-electron chi connectivity index (χ0n) is 13.4.